The van der Waals surface area contributed by atoms with Gasteiger partial charge in [0, 0.05) is 16.5 Å². The predicted octanol–water partition coefficient (Wildman–Crippen LogP) is 5.03. The van der Waals surface area contributed by atoms with Crippen molar-refractivity contribution < 1.29 is 18.0 Å². The third kappa shape index (κ3) is 4.25. The summed E-state index contributed by atoms with van der Waals surface area (Å²) in [6.45, 7) is 0. The van der Waals surface area contributed by atoms with Gasteiger partial charge in [-0.3, -0.25) is 4.79 Å². The van der Waals surface area contributed by atoms with Crippen LogP contribution in [0, 0.1) is 0 Å². The van der Waals surface area contributed by atoms with Crippen molar-refractivity contribution in [1.29, 1.82) is 0 Å². The summed E-state index contributed by atoms with van der Waals surface area (Å²) in [5.41, 5.74) is -0.971. The number of nitrogens with zero attached hydrogens (tertiary/aromatic N) is 2. The fourth-order valence-corrected chi connectivity index (χ4v) is 3.27. The van der Waals surface area contributed by atoms with Crippen LogP contribution in [0.3, 0.4) is 0 Å². The number of carbonyl (C=O) groups is 1. The topological polar surface area (TPSA) is 54.9 Å². The van der Waals surface area contributed by atoms with Crippen molar-refractivity contribution in [2.24, 2.45) is 0 Å². The number of hydrogen-bond donors (Lipinski definition) is 1. The van der Waals surface area contributed by atoms with Crippen LogP contribution < -0.4 is 5.32 Å². The third-order valence-electron chi connectivity index (χ3n) is 3.43. The Labute approximate surface area is 155 Å². The van der Waals surface area contributed by atoms with Gasteiger partial charge in [0.25, 0.3) is 0 Å². The van der Waals surface area contributed by atoms with Crippen molar-refractivity contribution in [1.82, 2.24) is 10.2 Å². The molecule has 1 N–H and O–H groups in total. The van der Waals surface area contributed by atoms with Crippen LogP contribution in [0.2, 0.25) is 5.02 Å². The summed E-state index contributed by atoms with van der Waals surface area (Å²) in [6.07, 6.45) is -2.98. The smallest absolute Gasteiger partial charge is 0.325 e. The number of fused-ring (bicyclic) bond motifs is 1. The van der Waals surface area contributed by atoms with Gasteiger partial charge < -0.3 is 5.32 Å². The maximum atomic E-state index is 12.9. The number of hydrogen-bond acceptors (Lipinski definition) is 4. The van der Waals surface area contributed by atoms with E-state index in [1.807, 2.05) is 24.3 Å². The van der Waals surface area contributed by atoms with Gasteiger partial charge in [0.15, 0.2) is 0 Å². The molecule has 1 heterocycles. The van der Waals surface area contributed by atoms with E-state index in [-0.39, 0.29) is 11.4 Å². The molecule has 2 aromatic carbocycles. The second-order valence-corrected chi connectivity index (χ2v) is 6.64. The molecule has 4 nitrogen and oxygen atoms in total. The molecule has 0 spiro atoms. The van der Waals surface area contributed by atoms with E-state index in [1.54, 1.807) is 6.20 Å². The molecule has 26 heavy (non-hydrogen) atoms. The molecule has 9 heteroatoms. The van der Waals surface area contributed by atoms with E-state index >= 15 is 0 Å². The van der Waals surface area contributed by atoms with Crippen molar-refractivity contribution in [2.75, 3.05) is 11.1 Å². The minimum absolute atomic E-state index is 0.0212. The van der Waals surface area contributed by atoms with Crippen molar-refractivity contribution in [2.45, 2.75) is 11.2 Å². The van der Waals surface area contributed by atoms with Gasteiger partial charge in [-0.1, -0.05) is 47.6 Å². The molecular weight excluding hydrogens is 387 g/mol. The summed E-state index contributed by atoms with van der Waals surface area (Å²) in [5.74, 6) is -0.479. The first-order valence-corrected chi connectivity index (χ1v) is 8.71. The fraction of sp³-hybridized carbons (Fsp3) is 0.118. The zero-order chi connectivity index (χ0) is 18.7. The molecule has 3 rings (SSSR count). The zero-order valence-corrected chi connectivity index (χ0v) is 14.6. The van der Waals surface area contributed by atoms with E-state index in [4.69, 9.17) is 11.6 Å². The number of carbonyl (C=O) groups excluding carboxylic acids is 1. The van der Waals surface area contributed by atoms with Crippen LogP contribution in [0.5, 0.6) is 0 Å². The fourth-order valence-electron chi connectivity index (χ4n) is 2.26. The van der Waals surface area contributed by atoms with Gasteiger partial charge >= 0.3 is 6.18 Å². The van der Waals surface area contributed by atoms with Crippen molar-refractivity contribution in [3.8, 4) is 0 Å². The molecule has 0 atom stereocenters. The molecule has 0 aliphatic rings. The Morgan fingerprint density at radius 2 is 1.96 bits per heavy atom. The summed E-state index contributed by atoms with van der Waals surface area (Å²) >= 11 is 6.72. The minimum atomic E-state index is -4.59. The van der Waals surface area contributed by atoms with Gasteiger partial charge in [-0.2, -0.15) is 18.3 Å². The van der Waals surface area contributed by atoms with Crippen LogP contribution in [0.4, 0.5) is 18.9 Å². The molecule has 1 amide bonds. The molecule has 0 saturated heterocycles. The quantitative estimate of drug-likeness (QED) is 0.627. The Morgan fingerprint density at radius 3 is 2.73 bits per heavy atom. The van der Waals surface area contributed by atoms with E-state index in [0.29, 0.717) is 5.03 Å². The highest BCUT2D eigenvalue weighted by atomic mass is 35.5. The van der Waals surface area contributed by atoms with Gasteiger partial charge in [0.2, 0.25) is 5.91 Å². The number of thioether (sulfide) groups is 1. The van der Waals surface area contributed by atoms with Crippen molar-refractivity contribution in [3.63, 3.8) is 0 Å². The Kier molecular flexibility index (Phi) is 5.33. The van der Waals surface area contributed by atoms with Crippen LogP contribution >= 0.6 is 23.4 Å². The van der Waals surface area contributed by atoms with Gasteiger partial charge in [0.05, 0.1) is 22.5 Å². The Balaban J connectivity index is 1.70. The number of alkyl halides is 3. The van der Waals surface area contributed by atoms with E-state index < -0.39 is 22.7 Å². The molecule has 3 aromatic rings. The maximum Gasteiger partial charge on any atom is 0.417 e. The molecule has 0 saturated carbocycles. The lowest BCUT2D eigenvalue weighted by molar-refractivity contribution is -0.137. The lowest BCUT2D eigenvalue weighted by Gasteiger charge is -2.11. The molecule has 134 valence electrons. The van der Waals surface area contributed by atoms with Crippen LogP contribution in [0.1, 0.15) is 5.56 Å². The van der Waals surface area contributed by atoms with Crippen LogP contribution in [0.15, 0.2) is 53.7 Å². The summed E-state index contributed by atoms with van der Waals surface area (Å²) in [7, 11) is 0. The van der Waals surface area contributed by atoms with E-state index in [9.17, 15) is 18.0 Å². The molecule has 0 aliphatic heterocycles. The highest BCUT2D eigenvalue weighted by molar-refractivity contribution is 8.00. The second-order valence-electron chi connectivity index (χ2n) is 5.27. The number of benzene rings is 2. The number of aromatic nitrogens is 2. The van der Waals surface area contributed by atoms with Crippen LogP contribution in [-0.4, -0.2) is 21.9 Å². The average Bonchev–Trinajstić information content (AvgIpc) is 2.60. The van der Waals surface area contributed by atoms with Crippen LogP contribution in [0.25, 0.3) is 10.8 Å². The lowest BCUT2D eigenvalue weighted by Crippen LogP contribution is -2.15. The largest absolute Gasteiger partial charge is 0.417 e. The maximum absolute atomic E-state index is 12.9. The van der Waals surface area contributed by atoms with Crippen LogP contribution in [-0.2, 0) is 11.0 Å². The second kappa shape index (κ2) is 7.51. The Hall–Kier alpha value is -2.32. The summed E-state index contributed by atoms with van der Waals surface area (Å²) in [5, 5.41) is 12.2. The third-order valence-corrected chi connectivity index (χ3v) is 4.74. The average molecular weight is 398 g/mol. The van der Waals surface area contributed by atoms with Crippen molar-refractivity contribution in [3.05, 3.63) is 59.2 Å². The Morgan fingerprint density at radius 1 is 1.19 bits per heavy atom. The normalized spacial score (nSPS) is 11.5. The monoisotopic (exact) mass is 397 g/mol. The van der Waals surface area contributed by atoms with E-state index in [1.165, 1.54) is 6.07 Å². The standard InChI is InChI=1S/C17H11ClF3N3OS/c18-14-6-5-11(7-13(14)17(19,20)21)23-15(25)9-26-16-12-4-2-1-3-10(12)8-22-24-16/h1-8H,9H2,(H,23,25). The first-order chi connectivity index (χ1) is 12.3. The van der Waals surface area contributed by atoms with E-state index in [2.05, 4.69) is 15.5 Å². The number of nitrogens with one attached hydrogen (secondary N) is 1. The molecular formula is C17H11ClF3N3OS. The van der Waals surface area contributed by atoms with Gasteiger partial charge in [-0.15, -0.1) is 5.10 Å². The number of halogens is 4. The number of amides is 1. The molecule has 0 bridgehead atoms. The summed E-state index contributed by atoms with van der Waals surface area (Å²) in [4.78, 5) is 12.1. The number of anilines is 1. The highest BCUT2D eigenvalue weighted by Gasteiger charge is 2.33. The van der Waals surface area contributed by atoms with Gasteiger partial charge in [-0.05, 0) is 18.2 Å². The first-order valence-electron chi connectivity index (χ1n) is 7.34. The van der Waals surface area contributed by atoms with E-state index in [0.717, 1.165) is 34.7 Å². The number of rotatable bonds is 4. The molecule has 0 aliphatic carbocycles. The predicted molar refractivity (Wildman–Crippen MR) is 95.3 cm³/mol. The zero-order valence-electron chi connectivity index (χ0n) is 13.0. The summed E-state index contributed by atoms with van der Waals surface area (Å²) in [6, 6.07) is 10.7. The first kappa shape index (κ1) is 18.5. The molecule has 0 radical (unpaired) electrons. The summed E-state index contributed by atoms with van der Waals surface area (Å²) < 4.78 is 38.6. The highest BCUT2D eigenvalue weighted by Crippen LogP contribution is 2.36. The van der Waals surface area contributed by atoms with Gasteiger partial charge in [0.1, 0.15) is 5.03 Å². The SMILES string of the molecule is O=C(CSc1nncc2ccccc12)Nc1ccc(Cl)c(C(F)(F)F)c1. The van der Waals surface area contributed by atoms with Crippen molar-refractivity contribution >= 4 is 45.7 Å². The molecule has 1 aromatic heterocycles. The lowest BCUT2D eigenvalue weighted by atomic mass is 10.2. The Bertz CT molecular complexity index is 960. The molecule has 0 fully saturated rings. The van der Waals surface area contributed by atoms with Gasteiger partial charge in [-0.25, -0.2) is 0 Å². The molecule has 0 unspecified atom stereocenters. The minimum Gasteiger partial charge on any atom is -0.325 e.